The van der Waals surface area contributed by atoms with Crippen LogP contribution in [0.25, 0.3) is 28.4 Å². The fourth-order valence-corrected chi connectivity index (χ4v) is 3.37. The van der Waals surface area contributed by atoms with Gasteiger partial charge in [0.2, 0.25) is 0 Å². The Bertz CT molecular complexity index is 1100. The Labute approximate surface area is 181 Å². The van der Waals surface area contributed by atoms with Crippen LogP contribution in [0.4, 0.5) is 13.2 Å². The molecule has 2 aromatic heterocycles. The zero-order chi connectivity index (χ0) is 21.9. The lowest BCUT2D eigenvalue weighted by atomic mass is 10.1. The number of aromatic nitrogens is 2. The van der Waals surface area contributed by atoms with Crippen molar-refractivity contribution in [2.24, 2.45) is 0 Å². The molecule has 4 nitrogen and oxygen atoms in total. The molecule has 158 valence electrons. The summed E-state index contributed by atoms with van der Waals surface area (Å²) in [6.45, 7) is 3.32. The van der Waals surface area contributed by atoms with E-state index < -0.39 is 6.36 Å². The van der Waals surface area contributed by atoms with Crippen LogP contribution < -0.4 is 0 Å². The smallest absolute Gasteiger partial charge is 0.453 e. The molecule has 0 saturated heterocycles. The molecule has 9 heteroatoms. The first-order valence-corrected chi connectivity index (χ1v) is 9.70. The number of alkyl halides is 3. The third-order valence-corrected chi connectivity index (χ3v) is 4.68. The third-order valence-electron chi connectivity index (χ3n) is 4.13. The highest BCUT2D eigenvalue weighted by Gasteiger charge is 2.33. The van der Waals surface area contributed by atoms with Gasteiger partial charge in [0.15, 0.2) is 11.6 Å². The highest BCUT2D eigenvalue weighted by Crippen LogP contribution is 2.34. The Morgan fingerprint density at radius 3 is 2.63 bits per heavy atom. The molecule has 30 heavy (non-hydrogen) atoms. The predicted molar refractivity (Wildman–Crippen MR) is 111 cm³/mol. The first kappa shape index (κ1) is 22.1. The molecule has 0 saturated carbocycles. The second kappa shape index (κ2) is 9.02. The van der Waals surface area contributed by atoms with Crippen molar-refractivity contribution >= 4 is 28.8 Å². The number of H-pyrrole nitrogens is 1. The van der Waals surface area contributed by atoms with Crippen molar-refractivity contribution in [3.63, 3.8) is 0 Å². The Morgan fingerprint density at radius 1 is 1.23 bits per heavy atom. The van der Waals surface area contributed by atoms with Crippen molar-refractivity contribution in [2.75, 3.05) is 0 Å². The largest absolute Gasteiger partial charge is 0.573 e. The molecular formula is C21H17Cl2F3N2O2. The molecule has 0 radical (unpaired) electrons. The van der Waals surface area contributed by atoms with Gasteiger partial charge in [0.1, 0.15) is 11.5 Å². The molecule has 0 aliphatic carbocycles. The van der Waals surface area contributed by atoms with Crippen LogP contribution in [0, 0.1) is 0 Å². The van der Waals surface area contributed by atoms with Gasteiger partial charge in [0.05, 0.1) is 16.9 Å². The second-order valence-corrected chi connectivity index (χ2v) is 7.02. The number of nitrogens with zero attached hydrogens (tertiary/aromatic N) is 1. The van der Waals surface area contributed by atoms with Crippen LogP contribution in [-0.2, 0) is 4.74 Å². The first-order chi connectivity index (χ1) is 14.2. The quantitative estimate of drug-likeness (QED) is 0.303. The molecule has 2 heterocycles. The number of aromatic amines is 1. The van der Waals surface area contributed by atoms with Crippen molar-refractivity contribution < 1.29 is 22.3 Å². The number of imidazole rings is 1. The molecule has 0 spiro atoms. The molecule has 0 unspecified atom stereocenters. The van der Waals surface area contributed by atoms with Crippen molar-refractivity contribution in [1.29, 1.82) is 0 Å². The Morgan fingerprint density at radius 2 is 2.00 bits per heavy atom. The summed E-state index contributed by atoms with van der Waals surface area (Å²) in [6, 6.07) is 8.28. The van der Waals surface area contributed by atoms with Gasteiger partial charge >= 0.3 is 6.36 Å². The Hall–Kier alpha value is -2.64. The number of hydrogen-bond donors (Lipinski definition) is 1. The van der Waals surface area contributed by atoms with Gasteiger partial charge in [-0.2, -0.15) is 0 Å². The maximum absolute atomic E-state index is 12.8. The lowest BCUT2D eigenvalue weighted by Gasteiger charge is -2.13. The van der Waals surface area contributed by atoms with Gasteiger partial charge in [-0.25, -0.2) is 4.98 Å². The molecule has 3 aromatic rings. The van der Waals surface area contributed by atoms with E-state index in [1.165, 1.54) is 12.2 Å². The minimum Gasteiger partial charge on any atom is -0.453 e. The molecular weight excluding hydrogens is 440 g/mol. The van der Waals surface area contributed by atoms with Crippen molar-refractivity contribution in [2.45, 2.75) is 26.6 Å². The summed E-state index contributed by atoms with van der Waals surface area (Å²) in [5.74, 6) is 0.704. The van der Waals surface area contributed by atoms with E-state index in [4.69, 9.17) is 27.6 Å². The summed E-state index contributed by atoms with van der Waals surface area (Å²) in [6.07, 6.45) is -0.233. The summed E-state index contributed by atoms with van der Waals surface area (Å²) in [4.78, 5) is 7.38. The van der Waals surface area contributed by atoms with E-state index in [-0.39, 0.29) is 23.5 Å². The van der Waals surface area contributed by atoms with E-state index >= 15 is 0 Å². The zero-order valence-corrected chi connectivity index (χ0v) is 17.5. The number of rotatable bonds is 6. The number of ether oxygens (including phenoxy) is 1. The van der Waals surface area contributed by atoms with Gasteiger partial charge in [0.25, 0.3) is 0 Å². The maximum atomic E-state index is 12.8. The van der Waals surface area contributed by atoms with E-state index in [9.17, 15) is 13.2 Å². The number of hydrogen-bond acceptors (Lipinski definition) is 3. The van der Waals surface area contributed by atoms with E-state index in [2.05, 4.69) is 14.7 Å². The first-order valence-electron chi connectivity index (χ1n) is 8.94. The van der Waals surface area contributed by atoms with Crippen LogP contribution in [0.3, 0.4) is 0 Å². The van der Waals surface area contributed by atoms with Crippen molar-refractivity contribution in [1.82, 2.24) is 9.97 Å². The molecule has 0 atom stereocenters. The summed E-state index contributed by atoms with van der Waals surface area (Å²) in [5.41, 5.74) is 1.63. The average Bonchev–Trinajstić information content (AvgIpc) is 3.31. The fraction of sp³-hybridized carbons (Fsp3) is 0.190. The minimum atomic E-state index is -4.81. The number of allylic oxidation sites excluding steroid dienone is 3. The van der Waals surface area contributed by atoms with Crippen LogP contribution in [0.15, 0.2) is 58.9 Å². The standard InChI is InChI=1S/C21H17Cl2F3N2O2/c1-3-5-18(30-21(24,25)26)13(4-2)17-8-9-19(29-17)20-27-11-16(28-20)14-7-6-12(22)10-15(14)23/h3,5-11H,4H2,1-2H3,(H,27,28)/b5-3-,18-13-. The maximum Gasteiger partial charge on any atom is 0.573 e. The second-order valence-electron chi connectivity index (χ2n) is 6.18. The van der Waals surface area contributed by atoms with Gasteiger partial charge in [0, 0.05) is 16.2 Å². The van der Waals surface area contributed by atoms with Gasteiger partial charge < -0.3 is 14.1 Å². The Kier molecular flexibility index (Phi) is 6.63. The van der Waals surface area contributed by atoms with Crippen LogP contribution in [0.5, 0.6) is 0 Å². The molecule has 0 aliphatic heterocycles. The SMILES string of the molecule is C/C=C\C(OC(F)(F)F)=C(/CC)c1ccc(-c2ncc(-c3ccc(Cl)cc3Cl)[nH]2)o1. The summed E-state index contributed by atoms with van der Waals surface area (Å²) < 4.78 is 48.3. The van der Waals surface area contributed by atoms with Gasteiger partial charge in [-0.15, -0.1) is 13.2 Å². The number of halogens is 5. The summed E-state index contributed by atoms with van der Waals surface area (Å²) in [5, 5.41) is 0.963. The third kappa shape index (κ3) is 5.09. The molecule has 0 amide bonds. The number of nitrogens with one attached hydrogen (secondary N) is 1. The molecule has 1 aromatic carbocycles. The molecule has 3 rings (SSSR count). The zero-order valence-electron chi connectivity index (χ0n) is 16.0. The predicted octanol–water partition coefficient (Wildman–Crippen LogP) is 7.88. The summed E-state index contributed by atoms with van der Waals surface area (Å²) in [7, 11) is 0. The molecule has 0 aliphatic rings. The average molecular weight is 457 g/mol. The van der Waals surface area contributed by atoms with Crippen molar-refractivity contribution in [3.8, 4) is 22.8 Å². The molecule has 0 fully saturated rings. The van der Waals surface area contributed by atoms with Crippen LogP contribution >= 0.6 is 23.2 Å². The monoisotopic (exact) mass is 456 g/mol. The van der Waals surface area contributed by atoms with Crippen LogP contribution in [-0.4, -0.2) is 16.3 Å². The topological polar surface area (TPSA) is 51.0 Å². The molecule has 0 bridgehead atoms. The number of furan rings is 1. The summed E-state index contributed by atoms with van der Waals surface area (Å²) >= 11 is 12.2. The fourth-order valence-electron chi connectivity index (χ4n) is 2.86. The number of benzene rings is 1. The van der Waals surface area contributed by atoms with E-state index in [1.54, 1.807) is 50.4 Å². The minimum absolute atomic E-state index is 0.257. The molecule has 1 N–H and O–H groups in total. The van der Waals surface area contributed by atoms with E-state index in [0.29, 0.717) is 32.9 Å². The van der Waals surface area contributed by atoms with Gasteiger partial charge in [-0.05, 0) is 49.8 Å². The normalized spacial score (nSPS) is 13.0. The van der Waals surface area contributed by atoms with Gasteiger partial charge in [-0.1, -0.05) is 36.2 Å². The van der Waals surface area contributed by atoms with E-state index in [1.807, 2.05) is 0 Å². The lowest BCUT2D eigenvalue weighted by molar-refractivity contribution is -0.303. The Balaban J connectivity index is 1.95. The van der Waals surface area contributed by atoms with Crippen molar-refractivity contribution in [3.05, 3.63) is 70.2 Å². The lowest BCUT2D eigenvalue weighted by Crippen LogP contribution is -2.13. The van der Waals surface area contributed by atoms with Gasteiger partial charge in [-0.3, -0.25) is 0 Å². The van der Waals surface area contributed by atoms with Crippen LogP contribution in [0.2, 0.25) is 10.0 Å². The van der Waals surface area contributed by atoms with E-state index in [0.717, 1.165) is 0 Å². The van der Waals surface area contributed by atoms with Crippen LogP contribution in [0.1, 0.15) is 26.0 Å². The highest BCUT2D eigenvalue weighted by molar-refractivity contribution is 6.36. The highest BCUT2D eigenvalue weighted by atomic mass is 35.5.